The van der Waals surface area contributed by atoms with Crippen molar-refractivity contribution < 1.29 is 13.9 Å². The lowest BCUT2D eigenvalue weighted by atomic mass is 10.0. The van der Waals surface area contributed by atoms with E-state index in [1.807, 2.05) is 12.1 Å². The summed E-state index contributed by atoms with van der Waals surface area (Å²) in [6, 6.07) is 6.72. The Hall–Kier alpha value is -2.35. The SMILES string of the molecule is COc1cc2c(Nc3ccc(Cl)c(Cl)c3F)ncnc2cc1OCC1C[C@@H]2CN(CC(C)C)C[C@@H]2C1. The van der Waals surface area contributed by atoms with Gasteiger partial charge < -0.3 is 19.7 Å². The van der Waals surface area contributed by atoms with Crippen LogP contribution in [0.1, 0.15) is 26.7 Å². The first kappa shape index (κ1) is 25.3. The molecule has 0 radical (unpaired) electrons. The third-order valence-electron chi connectivity index (χ3n) is 7.23. The van der Waals surface area contributed by atoms with Gasteiger partial charge in [-0.15, -0.1) is 0 Å². The van der Waals surface area contributed by atoms with Gasteiger partial charge >= 0.3 is 0 Å². The van der Waals surface area contributed by atoms with Crippen molar-refractivity contribution in [2.45, 2.75) is 26.7 Å². The second-order valence-electron chi connectivity index (χ2n) is 10.4. The normalized spacial score (nSPS) is 21.8. The minimum absolute atomic E-state index is 0.142. The highest BCUT2D eigenvalue weighted by Gasteiger charge is 2.41. The van der Waals surface area contributed by atoms with E-state index < -0.39 is 5.82 Å². The molecule has 9 heteroatoms. The average Bonchev–Trinajstić information content (AvgIpc) is 3.40. The summed E-state index contributed by atoms with van der Waals surface area (Å²) in [6.07, 6.45) is 3.85. The molecule has 36 heavy (non-hydrogen) atoms. The highest BCUT2D eigenvalue weighted by Crippen LogP contribution is 2.43. The number of fused-ring (bicyclic) bond motifs is 2. The molecule has 5 rings (SSSR count). The van der Waals surface area contributed by atoms with Gasteiger partial charge in [-0.1, -0.05) is 37.0 Å². The fourth-order valence-corrected chi connectivity index (χ4v) is 6.03. The molecule has 192 valence electrons. The second kappa shape index (κ2) is 10.6. The zero-order chi connectivity index (χ0) is 25.4. The summed E-state index contributed by atoms with van der Waals surface area (Å²) in [5, 5.41) is 3.68. The van der Waals surface area contributed by atoms with E-state index in [0.717, 1.165) is 11.8 Å². The van der Waals surface area contributed by atoms with Crippen LogP contribution in [0.15, 0.2) is 30.6 Å². The van der Waals surface area contributed by atoms with Crippen LogP contribution in [-0.4, -0.2) is 48.2 Å². The lowest BCUT2D eigenvalue weighted by Gasteiger charge is -2.21. The van der Waals surface area contributed by atoms with E-state index in [2.05, 4.69) is 34.0 Å². The molecule has 2 fully saturated rings. The van der Waals surface area contributed by atoms with E-state index in [4.69, 9.17) is 32.7 Å². The minimum atomic E-state index is -0.642. The Bertz CT molecular complexity index is 1240. The van der Waals surface area contributed by atoms with Crippen molar-refractivity contribution in [2.75, 3.05) is 38.7 Å². The molecule has 1 saturated heterocycles. The van der Waals surface area contributed by atoms with Gasteiger partial charge in [0.25, 0.3) is 0 Å². The van der Waals surface area contributed by atoms with Crippen LogP contribution < -0.4 is 14.8 Å². The van der Waals surface area contributed by atoms with Crippen LogP contribution in [0, 0.1) is 29.5 Å². The van der Waals surface area contributed by atoms with Gasteiger partial charge in [-0.3, -0.25) is 0 Å². The summed E-state index contributed by atoms with van der Waals surface area (Å²) in [4.78, 5) is 11.3. The van der Waals surface area contributed by atoms with Gasteiger partial charge in [-0.05, 0) is 54.7 Å². The predicted octanol–water partition coefficient (Wildman–Crippen LogP) is 6.82. The predicted molar refractivity (Wildman–Crippen MR) is 142 cm³/mol. The van der Waals surface area contributed by atoms with Crippen LogP contribution in [0.4, 0.5) is 15.9 Å². The summed E-state index contributed by atoms with van der Waals surface area (Å²) >= 11 is 11.9. The van der Waals surface area contributed by atoms with E-state index in [9.17, 15) is 4.39 Å². The second-order valence-corrected chi connectivity index (χ2v) is 11.2. The molecule has 1 unspecified atom stereocenters. The topological polar surface area (TPSA) is 59.5 Å². The van der Waals surface area contributed by atoms with Crippen molar-refractivity contribution in [3.8, 4) is 11.5 Å². The molecule has 1 saturated carbocycles. The molecule has 3 aromatic rings. The Labute approximate surface area is 221 Å². The Kier molecular flexibility index (Phi) is 7.42. The summed E-state index contributed by atoms with van der Waals surface area (Å²) in [6.45, 7) is 8.85. The molecule has 6 nitrogen and oxygen atoms in total. The standard InChI is InChI=1S/C27H31Cl2FN4O2/c1-15(2)10-34-11-17-6-16(7-18(17)12-34)13-36-24-9-22-19(8-23(24)35-3)27(32-14-31-22)33-21-5-4-20(28)25(29)26(21)30/h4-5,8-9,14-18H,6-7,10-13H2,1-3H3,(H,31,32,33)/t16?,17-,18+. The van der Waals surface area contributed by atoms with E-state index >= 15 is 0 Å². The highest BCUT2D eigenvalue weighted by atomic mass is 35.5. The first-order valence-electron chi connectivity index (χ1n) is 12.4. The molecule has 1 aliphatic carbocycles. The largest absolute Gasteiger partial charge is 0.493 e. The number of ether oxygens (including phenoxy) is 2. The van der Waals surface area contributed by atoms with Gasteiger partial charge in [-0.25, -0.2) is 14.4 Å². The van der Waals surface area contributed by atoms with Crippen LogP contribution >= 0.6 is 23.2 Å². The van der Waals surface area contributed by atoms with Gasteiger partial charge in [-0.2, -0.15) is 0 Å². The first-order valence-corrected chi connectivity index (χ1v) is 13.2. The number of rotatable bonds is 8. The van der Waals surface area contributed by atoms with Gasteiger partial charge in [0.2, 0.25) is 0 Å². The van der Waals surface area contributed by atoms with Crippen LogP contribution in [0.5, 0.6) is 11.5 Å². The van der Waals surface area contributed by atoms with Crippen molar-refractivity contribution in [3.05, 3.63) is 46.5 Å². The molecular weight excluding hydrogens is 502 g/mol. The molecule has 3 atom stereocenters. The molecule has 0 spiro atoms. The number of methoxy groups -OCH3 is 1. The molecule has 0 bridgehead atoms. The van der Waals surface area contributed by atoms with Crippen LogP contribution in [0.3, 0.4) is 0 Å². The Morgan fingerprint density at radius 2 is 1.86 bits per heavy atom. The minimum Gasteiger partial charge on any atom is -0.493 e. The van der Waals surface area contributed by atoms with Crippen molar-refractivity contribution in [1.29, 1.82) is 0 Å². The van der Waals surface area contributed by atoms with Crippen LogP contribution in [0.25, 0.3) is 10.9 Å². The molecule has 2 aromatic carbocycles. The lowest BCUT2D eigenvalue weighted by Crippen LogP contribution is -2.27. The van der Waals surface area contributed by atoms with Crippen molar-refractivity contribution in [2.24, 2.45) is 23.7 Å². The molecule has 1 N–H and O–H groups in total. The monoisotopic (exact) mass is 532 g/mol. The van der Waals surface area contributed by atoms with Crippen LogP contribution in [-0.2, 0) is 0 Å². The maximum Gasteiger partial charge on any atom is 0.166 e. The van der Waals surface area contributed by atoms with E-state index in [1.165, 1.54) is 50.9 Å². The summed E-state index contributed by atoms with van der Waals surface area (Å²) in [5.41, 5.74) is 0.832. The van der Waals surface area contributed by atoms with Gasteiger partial charge in [0, 0.05) is 31.1 Å². The van der Waals surface area contributed by atoms with Gasteiger partial charge in [0.15, 0.2) is 17.3 Å². The Balaban J connectivity index is 1.29. The lowest BCUT2D eigenvalue weighted by molar-refractivity contribution is 0.216. The first-order chi connectivity index (χ1) is 17.3. The van der Waals surface area contributed by atoms with Crippen molar-refractivity contribution in [1.82, 2.24) is 14.9 Å². The number of nitrogens with zero attached hydrogens (tertiary/aromatic N) is 3. The zero-order valence-corrected chi connectivity index (χ0v) is 22.2. The maximum absolute atomic E-state index is 14.6. The smallest absolute Gasteiger partial charge is 0.166 e. The number of hydrogen-bond acceptors (Lipinski definition) is 6. The fraction of sp³-hybridized carbons (Fsp3) is 0.481. The molecule has 0 amide bonds. The number of benzene rings is 2. The third-order valence-corrected chi connectivity index (χ3v) is 8.01. The van der Waals surface area contributed by atoms with Crippen molar-refractivity contribution in [3.63, 3.8) is 0 Å². The molecule has 1 aliphatic heterocycles. The number of anilines is 2. The van der Waals surface area contributed by atoms with Gasteiger partial charge in [0.1, 0.15) is 12.1 Å². The number of aromatic nitrogens is 2. The molecule has 1 aromatic heterocycles. The number of likely N-dealkylation sites (tertiary alicyclic amines) is 1. The van der Waals surface area contributed by atoms with Gasteiger partial charge in [0.05, 0.1) is 35.0 Å². The number of nitrogens with one attached hydrogen (secondary N) is 1. The summed E-state index contributed by atoms with van der Waals surface area (Å²) in [5.74, 6) is 3.82. The summed E-state index contributed by atoms with van der Waals surface area (Å²) < 4.78 is 26.5. The Morgan fingerprint density at radius 1 is 1.11 bits per heavy atom. The molecular formula is C27H31Cl2FN4O2. The number of hydrogen-bond donors (Lipinski definition) is 1. The van der Waals surface area contributed by atoms with E-state index in [-0.39, 0.29) is 15.7 Å². The van der Waals surface area contributed by atoms with E-state index in [0.29, 0.717) is 46.7 Å². The molecule has 2 heterocycles. The average molecular weight is 533 g/mol. The fourth-order valence-electron chi connectivity index (χ4n) is 5.72. The van der Waals surface area contributed by atoms with Crippen LogP contribution in [0.2, 0.25) is 10.0 Å². The summed E-state index contributed by atoms with van der Waals surface area (Å²) in [7, 11) is 1.60. The highest BCUT2D eigenvalue weighted by molar-refractivity contribution is 6.42. The van der Waals surface area contributed by atoms with E-state index in [1.54, 1.807) is 7.11 Å². The maximum atomic E-state index is 14.6. The van der Waals surface area contributed by atoms with Crippen molar-refractivity contribution >= 4 is 45.6 Å². The number of halogens is 3. The molecule has 2 aliphatic rings. The zero-order valence-electron chi connectivity index (χ0n) is 20.7. The quantitative estimate of drug-likeness (QED) is 0.321. The third kappa shape index (κ3) is 5.20. The Morgan fingerprint density at radius 3 is 2.56 bits per heavy atom.